The summed E-state index contributed by atoms with van der Waals surface area (Å²) in [5.74, 6) is 0.678. The number of fused-ring (bicyclic) bond motifs is 3. The van der Waals surface area contributed by atoms with E-state index in [1.54, 1.807) is 7.11 Å². The number of nitrogens with zero attached hydrogens (tertiary/aromatic N) is 1. The third kappa shape index (κ3) is 1.69. The smallest absolute Gasteiger partial charge is 0.315 e. The highest BCUT2D eigenvalue weighted by Crippen LogP contribution is 2.50. The molecule has 0 bridgehead atoms. The van der Waals surface area contributed by atoms with E-state index in [-0.39, 0.29) is 12.5 Å². The fourth-order valence-corrected chi connectivity index (χ4v) is 3.22. The molecule has 0 unspecified atom stereocenters. The molecule has 3 rings (SSSR count). The maximum absolute atomic E-state index is 11.7. The number of aliphatic carboxylic acids is 1. The highest BCUT2D eigenvalue weighted by atomic mass is 16.5. The molecule has 1 N–H and O–H groups in total. The van der Waals surface area contributed by atoms with Crippen molar-refractivity contribution in [1.29, 1.82) is 0 Å². The molecule has 102 valence electrons. The first-order valence-electron chi connectivity index (χ1n) is 6.29. The number of carboxylic acid groups (broad SMARTS) is 1. The fourth-order valence-electron chi connectivity index (χ4n) is 3.22. The average Bonchev–Trinajstić information content (AvgIpc) is 2.76. The van der Waals surface area contributed by atoms with Crippen LogP contribution in [0.1, 0.15) is 11.5 Å². The zero-order valence-electron chi connectivity index (χ0n) is 11.0. The molecule has 2 aliphatic rings. The second-order valence-corrected chi connectivity index (χ2v) is 5.40. The Morgan fingerprint density at radius 2 is 2.37 bits per heavy atom. The van der Waals surface area contributed by atoms with E-state index in [1.165, 1.54) is 0 Å². The number of methoxy groups -OCH3 is 1. The molecule has 0 saturated carbocycles. The average molecular weight is 263 g/mol. The Kier molecular flexibility index (Phi) is 2.67. The highest BCUT2D eigenvalue weighted by molar-refractivity contribution is 5.78. The second kappa shape index (κ2) is 4.13. The number of likely N-dealkylation sites (tertiary alicyclic amines) is 1. The van der Waals surface area contributed by atoms with E-state index in [4.69, 9.17) is 9.47 Å². The largest absolute Gasteiger partial charge is 0.497 e. The van der Waals surface area contributed by atoms with Crippen LogP contribution in [-0.2, 0) is 4.79 Å². The Balaban J connectivity index is 2.07. The van der Waals surface area contributed by atoms with Gasteiger partial charge in [-0.3, -0.25) is 4.79 Å². The minimum absolute atomic E-state index is 0.0235. The normalized spacial score (nSPS) is 29.3. The molecular formula is C14H17NO4. The summed E-state index contributed by atoms with van der Waals surface area (Å²) in [6.07, 6.45) is 0. The van der Waals surface area contributed by atoms with Crippen molar-refractivity contribution in [3.8, 4) is 11.5 Å². The SMILES string of the molecule is COc1ccc2c(c1)OC[C@]1(C(=O)O)CN(C)C[C@H]21. The Morgan fingerprint density at radius 1 is 1.58 bits per heavy atom. The van der Waals surface area contributed by atoms with Crippen molar-refractivity contribution in [2.24, 2.45) is 5.41 Å². The molecule has 1 saturated heterocycles. The van der Waals surface area contributed by atoms with Crippen LogP contribution in [0.25, 0.3) is 0 Å². The quantitative estimate of drug-likeness (QED) is 0.868. The highest BCUT2D eigenvalue weighted by Gasteiger charge is 2.55. The van der Waals surface area contributed by atoms with Crippen molar-refractivity contribution in [3.05, 3.63) is 23.8 Å². The molecule has 0 aromatic heterocycles. The van der Waals surface area contributed by atoms with E-state index in [2.05, 4.69) is 4.90 Å². The number of hydrogen-bond donors (Lipinski definition) is 1. The molecule has 2 heterocycles. The summed E-state index contributed by atoms with van der Waals surface area (Å²) in [5.41, 5.74) is 0.148. The molecule has 5 heteroatoms. The third-order valence-corrected chi connectivity index (χ3v) is 4.22. The van der Waals surface area contributed by atoms with Gasteiger partial charge in [0.05, 0.1) is 7.11 Å². The van der Waals surface area contributed by atoms with Crippen molar-refractivity contribution in [2.45, 2.75) is 5.92 Å². The summed E-state index contributed by atoms with van der Waals surface area (Å²) in [7, 11) is 3.56. The Labute approximate surface area is 111 Å². The molecule has 0 spiro atoms. The van der Waals surface area contributed by atoms with Gasteiger partial charge < -0.3 is 19.5 Å². The van der Waals surface area contributed by atoms with Crippen LogP contribution in [0, 0.1) is 5.41 Å². The summed E-state index contributed by atoms with van der Waals surface area (Å²) in [4.78, 5) is 13.8. The minimum Gasteiger partial charge on any atom is -0.497 e. The zero-order valence-corrected chi connectivity index (χ0v) is 11.0. The lowest BCUT2D eigenvalue weighted by molar-refractivity contribution is -0.151. The van der Waals surface area contributed by atoms with E-state index >= 15 is 0 Å². The molecule has 0 radical (unpaired) electrons. The number of likely N-dealkylation sites (N-methyl/N-ethyl adjacent to an activating group) is 1. The first-order chi connectivity index (χ1) is 9.06. The van der Waals surface area contributed by atoms with Crippen LogP contribution in [0.2, 0.25) is 0 Å². The Bertz CT molecular complexity index is 530. The van der Waals surface area contributed by atoms with Gasteiger partial charge in [-0.15, -0.1) is 0 Å². The third-order valence-electron chi connectivity index (χ3n) is 4.22. The van der Waals surface area contributed by atoms with Crippen molar-refractivity contribution in [2.75, 3.05) is 33.9 Å². The van der Waals surface area contributed by atoms with Crippen LogP contribution in [0.5, 0.6) is 11.5 Å². The number of carboxylic acids is 1. The van der Waals surface area contributed by atoms with Gasteiger partial charge in [0.25, 0.3) is 0 Å². The molecule has 19 heavy (non-hydrogen) atoms. The van der Waals surface area contributed by atoms with Gasteiger partial charge in [-0.2, -0.15) is 0 Å². The summed E-state index contributed by atoms with van der Waals surface area (Å²) in [6, 6.07) is 5.62. The van der Waals surface area contributed by atoms with E-state index in [0.717, 1.165) is 23.6 Å². The molecule has 2 atom stereocenters. The van der Waals surface area contributed by atoms with Gasteiger partial charge in [0.2, 0.25) is 0 Å². The lowest BCUT2D eigenvalue weighted by atomic mass is 9.73. The van der Waals surface area contributed by atoms with Crippen LogP contribution >= 0.6 is 0 Å². The van der Waals surface area contributed by atoms with Crippen molar-refractivity contribution in [3.63, 3.8) is 0 Å². The van der Waals surface area contributed by atoms with Crippen LogP contribution in [0.3, 0.4) is 0 Å². The molecule has 5 nitrogen and oxygen atoms in total. The summed E-state index contributed by atoms with van der Waals surface area (Å²) in [5, 5.41) is 9.61. The van der Waals surface area contributed by atoms with Crippen molar-refractivity contribution in [1.82, 2.24) is 4.90 Å². The molecule has 0 aliphatic carbocycles. The first kappa shape index (κ1) is 12.3. The Morgan fingerprint density at radius 3 is 3.05 bits per heavy atom. The molecule has 1 fully saturated rings. The van der Waals surface area contributed by atoms with Crippen LogP contribution in [-0.4, -0.2) is 49.8 Å². The predicted molar refractivity (Wildman–Crippen MR) is 68.8 cm³/mol. The first-order valence-corrected chi connectivity index (χ1v) is 6.29. The number of rotatable bonds is 2. The van der Waals surface area contributed by atoms with E-state index in [9.17, 15) is 9.90 Å². The van der Waals surface area contributed by atoms with E-state index in [1.807, 2.05) is 25.2 Å². The van der Waals surface area contributed by atoms with Crippen LogP contribution in [0.15, 0.2) is 18.2 Å². The number of hydrogen-bond acceptors (Lipinski definition) is 4. The maximum Gasteiger partial charge on any atom is 0.315 e. The van der Waals surface area contributed by atoms with Crippen LogP contribution in [0.4, 0.5) is 0 Å². The molecular weight excluding hydrogens is 246 g/mol. The van der Waals surface area contributed by atoms with Gasteiger partial charge in [-0.1, -0.05) is 6.07 Å². The van der Waals surface area contributed by atoms with Crippen LogP contribution < -0.4 is 9.47 Å². The topological polar surface area (TPSA) is 59.0 Å². The van der Waals surface area contributed by atoms with Gasteiger partial charge >= 0.3 is 5.97 Å². The fraction of sp³-hybridized carbons (Fsp3) is 0.500. The molecule has 1 aromatic rings. The van der Waals surface area contributed by atoms with Crippen molar-refractivity contribution >= 4 is 5.97 Å². The van der Waals surface area contributed by atoms with Gasteiger partial charge in [0, 0.05) is 30.6 Å². The number of benzene rings is 1. The number of ether oxygens (including phenoxy) is 2. The monoisotopic (exact) mass is 263 g/mol. The molecule has 1 aromatic carbocycles. The maximum atomic E-state index is 11.7. The van der Waals surface area contributed by atoms with Crippen molar-refractivity contribution < 1.29 is 19.4 Å². The van der Waals surface area contributed by atoms with Gasteiger partial charge in [0.15, 0.2) is 0 Å². The lowest BCUT2D eigenvalue weighted by Crippen LogP contribution is -2.45. The summed E-state index contributed by atoms with van der Waals surface area (Å²) >= 11 is 0. The molecule has 2 aliphatic heterocycles. The molecule has 0 amide bonds. The lowest BCUT2D eigenvalue weighted by Gasteiger charge is -2.36. The summed E-state index contributed by atoms with van der Waals surface area (Å²) < 4.78 is 10.9. The van der Waals surface area contributed by atoms with E-state index < -0.39 is 11.4 Å². The second-order valence-electron chi connectivity index (χ2n) is 5.40. The van der Waals surface area contributed by atoms with Gasteiger partial charge in [-0.05, 0) is 13.1 Å². The summed E-state index contributed by atoms with van der Waals surface area (Å²) in [6.45, 7) is 1.49. The van der Waals surface area contributed by atoms with E-state index in [0.29, 0.717) is 6.54 Å². The van der Waals surface area contributed by atoms with Gasteiger partial charge in [0.1, 0.15) is 23.5 Å². The minimum atomic E-state index is -0.823. The number of carbonyl (C=O) groups is 1. The zero-order chi connectivity index (χ0) is 13.6. The Hall–Kier alpha value is -1.75. The standard InChI is InChI=1S/C14H17NO4/c1-15-6-11-10-4-3-9(18-2)5-12(10)19-8-14(11,7-15)13(16)17/h3-5,11H,6-8H2,1-2H3,(H,16,17)/t11-,14-/m1/s1. The predicted octanol–water partition coefficient (Wildman–Crippen LogP) is 1.19. The van der Waals surface area contributed by atoms with Gasteiger partial charge in [-0.25, -0.2) is 0 Å².